The quantitative estimate of drug-likeness (QED) is 0.374. The molecule has 0 bridgehead atoms. The Balaban J connectivity index is 1.45. The number of Topliss-reactive ketones (excluding diaryl/α,β-unsaturated/α-hetero) is 1. The smallest absolute Gasteiger partial charge is 0.186 e. The monoisotopic (exact) mass is 452 g/mol. The first-order valence-corrected chi connectivity index (χ1v) is 10.5. The third kappa shape index (κ3) is 4.27. The van der Waals surface area contributed by atoms with E-state index >= 15 is 0 Å². The first-order chi connectivity index (χ1) is 15.3. The summed E-state index contributed by atoms with van der Waals surface area (Å²) in [6.45, 7) is -0.570. The van der Waals surface area contributed by atoms with Crippen molar-refractivity contribution in [2.24, 2.45) is 5.92 Å². The molecule has 0 radical (unpaired) electrons. The summed E-state index contributed by atoms with van der Waals surface area (Å²) in [5.74, 6) is -0.348. The van der Waals surface area contributed by atoms with Crippen molar-refractivity contribution in [2.45, 2.75) is 61.9 Å². The summed E-state index contributed by atoms with van der Waals surface area (Å²) in [5.41, 5.74) is 1.02. The van der Waals surface area contributed by atoms with E-state index < -0.39 is 61.5 Å². The Bertz CT molecular complexity index is 838. The van der Waals surface area contributed by atoms with Crippen LogP contribution in [0.3, 0.4) is 0 Å². The molecule has 10 heteroatoms. The SMILES string of the molecule is COc1ccc(C2=COC3CC(OC4OC(CO)C(O)C(O)C4O)CC(O)C3C2=O)cc1. The molecule has 1 aliphatic carbocycles. The Labute approximate surface area is 184 Å². The fourth-order valence-electron chi connectivity index (χ4n) is 4.50. The first-order valence-electron chi connectivity index (χ1n) is 10.5. The average Bonchev–Trinajstić information content (AvgIpc) is 2.79. The number of ketones is 1. The topological polar surface area (TPSA) is 155 Å². The van der Waals surface area contributed by atoms with Crippen molar-refractivity contribution in [1.29, 1.82) is 0 Å². The molecular weight excluding hydrogens is 424 g/mol. The molecule has 3 aliphatic rings. The second-order valence-electron chi connectivity index (χ2n) is 8.32. The van der Waals surface area contributed by atoms with E-state index in [4.69, 9.17) is 18.9 Å². The molecular formula is C22H28O10. The number of hydrogen-bond donors (Lipinski definition) is 5. The zero-order chi connectivity index (χ0) is 23.0. The van der Waals surface area contributed by atoms with Crippen molar-refractivity contribution in [2.75, 3.05) is 13.7 Å². The zero-order valence-corrected chi connectivity index (χ0v) is 17.5. The summed E-state index contributed by atoms with van der Waals surface area (Å²) in [5, 5.41) is 50.1. The van der Waals surface area contributed by atoms with Crippen LogP contribution in [0.2, 0.25) is 0 Å². The predicted octanol–water partition coefficient (Wildman–Crippen LogP) is -1.04. The Morgan fingerprint density at radius 3 is 2.41 bits per heavy atom. The zero-order valence-electron chi connectivity index (χ0n) is 17.5. The van der Waals surface area contributed by atoms with E-state index in [0.29, 0.717) is 16.9 Å². The van der Waals surface area contributed by atoms with Crippen LogP contribution in [-0.2, 0) is 19.0 Å². The highest BCUT2D eigenvalue weighted by atomic mass is 16.7. The van der Waals surface area contributed by atoms with Gasteiger partial charge in [0, 0.05) is 12.8 Å². The van der Waals surface area contributed by atoms with Crippen LogP contribution in [0.25, 0.3) is 5.57 Å². The average molecular weight is 452 g/mol. The summed E-state index contributed by atoms with van der Waals surface area (Å²) in [6, 6.07) is 6.95. The van der Waals surface area contributed by atoms with Crippen LogP contribution < -0.4 is 4.74 Å². The molecule has 1 aromatic rings. The number of fused-ring (bicyclic) bond motifs is 1. The maximum Gasteiger partial charge on any atom is 0.186 e. The molecule has 0 aromatic heterocycles. The van der Waals surface area contributed by atoms with Crippen LogP contribution in [-0.4, -0.2) is 94.1 Å². The first kappa shape index (κ1) is 23.1. The number of methoxy groups -OCH3 is 1. The largest absolute Gasteiger partial charge is 0.497 e. The number of hydrogen-bond acceptors (Lipinski definition) is 10. The van der Waals surface area contributed by atoms with Gasteiger partial charge in [-0.1, -0.05) is 12.1 Å². The molecule has 1 saturated carbocycles. The van der Waals surface area contributed by atoms with Crippen molar-refractivity contribution in [3.05, 3.63) is 36.1 Å². The number of aliphatic hydroxyl groups is 5. The molecule has 2 fully saturated rings. The highest BCUT2D eigenvalue weighted by molar-refractivity contribution is 6.22. The molecule has 10 nitrogen and oxygen atoms in total. The summed E-state index contributed by atoms with van der Waals surface area (Å²) in [4.78, 5) is 13.1. The van der Waals surface area contributed by atoms with E-state index in [9.17, 15) is 30.3 Å². The van der Waals surface area contributed by atoms with Crippen molar-refractivity contribution in [1.82, 2.24) is 0 Å². The lowest BCUT2D eigenvalue weighted by Gasteiger charge is -2.44. The second kappa shape index (κ2) is 9.44. The van der Waals surface area contributed by atoms with Crippen molar-refractivity contribution < 1.29 is 49.3 Å². The standard InChI is InChI=1S/C22H28O10/c1-29-11-4-2-10(3-5-11)13-9-30-15-7-12(6-14(24)17(15)18(13)25)31-22-21(28)20(27)19(26)16(8-23)32-22/h2-5,9,12,14-17,19-24,26-28H,6-8H2,1H3. The fraction of sp³-hybridized carbons (Fsp3) is 0.591. The molecule has 4 rings (SSSR count). The lowest BCUT2D eigenvalue weighted by Crippen LogP contribution is -2.60. The normalized spacial score (nSPS) is 39.6. The summed E-state index contributed by atoms with van der Waals surface area (Å²) >= 11 is 0. The van der Waals surface area contributed by atoms with E-state index in [1.807, 2.05) is 0 Å². The molecule has 2 heterocycles. The Morgan fingerprint density at radius 2 is 1.75 bits per heavy atom. The van der Waals surface area contributed by atoms with Crippen LogP contribution in [0, 0.1) is 5.92 Å². The maximum absolute atomic E-state index is 13.1. The third-order valence-electron chi connectivity index (χ3n) is 6.32. The van der Waals surface area contributed by atoms with Gasteiger partial charge in [-0.15, -0.1) is 0 Å². The van der Waals surface area contributed by atoms with Gasteiger partial charge in [-0.2, -0.15) is 0 Å². The Kier molecular flexibility index (Phi) is 6.82. The van der Waals surface area contributed by atoms with Crippen LogP contribution >= 0.6 is 0 Å². The van der Waals surface area contributed by atoms with Crippen molar-refractivity contribution in [3.63, 3.8) is 0 Å². The van der Waals surface area contributed by atoms with Crippen LogP contribution in [0.5, 0.6) is 5.75 Å². The number of ether oxygens (including phenoxy) is 4. The number of aliphatic hydroxyl groups excluding tert-OH is 5. The Morgan fingerprint density at radius 1 is 1.03 bits per heavy atom. The predicted molar refractivity (Wildman–Crippen MR) is 108 cm³/mol. The van der Waals surface area contributed by atoms with Crippen LogP contribution in [0.1, 0.15) is 18.4 Å². The van der Waals surface area contributed by atoms with Crippen LogP contribution in [0.4, 0.5) is 0 Å². The summed E-state index contributed by atoms with van der Waals surface area (Å²) in [6.07, 6.45) is -7.63. The van der Waals surface area contributed by atoms with Gasteiger partial charge < -0.3 is 44.5 Å². The lowest BCUT2D eigenvalue weighted by molar-refractivity contribution is -0.316. The van der Waals surface area contributed by atoms with Gasteiger partial charge in [-0.05, 0) is 17.7 Å². The molecule has 2 aliphatic heterocycles. The minimum absolute atomic E-state index is 0.0845. The van der Waals surface area contributed by atoms with Gasteiger partial charge in [-0.25, -0.2) is 0 Å². The molecule has 1 saturated heterocycles. The van der Waals surface area contributed by atoms with Crippen LogP contribution in [0.15, 0.2) is 30.5 Å². The van der Waals surface area contributed by atoms with Gasteiger partial charge in [0.1, 0.15) is 36.3 Å². The van der Waals surface area contributed by atoms with E-state index in [-0.39, 0.29) is 18.6 Å². The van der Waals surface area contributed by atoms with Gasteiger partial charge >= 0.3 is 0 Å². The van der Waals surface area contributed by atoms with E-state index in [1.165, 1.54) is 6.26 Å². The molecule has 5 N–H and O–H groups in total. The fourth-order valence-corrected chi connectivity index (χ4v) is 4.50. The molecule has 0 spiro atoms. The third-order valence-corrected chi connectivity index (χ3v) is 6.32. The van der Waals surface area contributed by atoms with E-state index in [1.54, 1.807) is 31.4 Å². The summed E-state index contributed by atoms with van der Waals surface area (Å²) in [7, 11) is 1.55. The number of rotatable bonds is 5. The number of allylic oxidation sites excluding steroid dienone is 1. The van der Waals surface area contributed by atoms with Gasteiger partial charge in [0.05, 0.1) is 43.7 Å². The highest BCUT2D eigenvalue weighted by Crippen LogP contribution is 2.38. The van der Waals surface area contributed by atoms with E-state index in [2.05, 4.69) is 0 Å². The molecule has 32 heavy (non-hydrogen) atoms. The molecule has 9 unspecified atom stereocenters. The number of carbonyl (C=O) groups is 1. The lowest BCUT2D eigenvalue weighted by atomic mass is 9.76. The molecule has 176 valence electrons. The molecule has 1 aromatic carbocycles. The summed E-state index contributed by atoms with van der Waals surface area (Å²) < 4.78 is 22.0. The maximum atomic E-state index is 13.1. The number of benzene rings is 1. The van der Waals surface area contributed by atoms with Gasteiger partial charge in [0.2, 0.25) is 0 Å². The van der Waals surface area contributed by atoms with Crippen molar-refractivity contribution in [3.8, 4) is 5.75 Å². The number of carbonyl (C=O) groups excluding carboxylic acids is 1. The second-order valence-corrected chi connectivity index (χ2v) is 8.32. The minimum Gasteiger partial charge on any atom is -0.497 e. The molecule has 9 atom stereocenters. The van der Waals surface area contributed by atoms with Gasteiger partial charge in [0.25, 0.3) is 0 Å². The minimum atomic E-state index is -1.56. The van der Waals surface area contributed by atoms with E-state index in [0.717, 1.165) is 0 Å². The van der Waals surface area contributed by atoms with Gasteiger partial charge in [0.15, 0.2) is 12.1 Å². The van der Waals surface area contributed by atoms with Gasteiger partial charge in [-0.3, -0.25) is 4.79 Å². The molecule has 0 amide bonds. The highest BCUT2D eigenvalue weighted by Gasteiger charge is 2.49. The van der Waals surface area contributed by atoms with Crippen molar-refractivity contribution >= 4 is 11.4 Å². The Hall–Kier alpha value is -2.05.